The van der Waals surface area contributed by atoms with Crippen LogP contribution < -0.4 is 4.74 Å². The van der Waals surface area contributed by atoms with Crippen molar-refractivity contribution in [2.45, 2.75) is 6.61 Å². The van der Waals surface area contributed by atoms with E-state index in [2.05, 4.69) is 22.0 Å². The molecule has 0 spiro atoms. The van der Waals surface area contributed by atoms with Crippen molar-refractivity contribution in [3.05, 3.63) is 82.5 Å². The Balaban J connectivity index is 1.72. The molecule has 0 aliphatic heterocycles. The number of aromatic nitrogens is 1. The number of benzene rings is 2. The standard InChI is InChI=1S/C20H13BrN2O/c21-15-6-4-14(5-7-15)13-24-16-8-9-17-18(12-22)19-3-1-2-10-23(19)20(17)11-16/h1-11H,13H2. The lowest BCUT2D eigenvalue weighted by atomic mass is 10.1. The summed E-state index contributed by atoms with van der Waals surface area (Å²) in [6.07, 6.45) is 1.97. The van der Waals surface area contributed by atoms with Crippen LogP contribution in [0, 0.1) is 11.3 Å². The first-order valence-corrected chi connectivity index (χ1v) is 8.36. The minimum atomic E-state index is 0.507. The molecule has 24 heavy (non-hydrogen) atoms. The van der Waals surface area contributed by atoms with E-state index >= 15 is 0 Å². The first-order valence-electron chi connectivity index (χ1n) is 7.56. The lowest BCUT2D eigenvalue weighted by molar-refractivity contribution is 0.306. The summed E-state index contributed by atoms with van der Waals surface area (Å²) in [5.74, 6) is 0.790. The van der Waals surface area contributed by atoms with E-state index < -0.39 is 0 Å². The fourth-order valence-corrected chi connectivity index (χ4v) is 3.14. The third kappa shape index (κ3) is 2.53. The van der Waals surface area contributed by atoms with Crippen LogP contribution in [-0.4, -0.2) is 4.40 Å². The molecule has 4 rings (SSSR count). The number of fused-ring (bicyclic) bond motifs is 3. The number of hydrogen-bond donors (Lipinski definition) is 0. The molecule has 0 unspecified atom stereocenters. The van der Waals surface area contributed by atoms with Gasteiger partial charge < -0.3 is 9.14 Å². The molecule has 0 fully saturated rings. The minimum absolute atomic E-state index is 0.507. The summed E-state index contributed by atoms with van der Waals surface area (Å²) < 4.78 is 9.00. The average Bonchev–Trinajstić information content (AvgIpc) is 2.94. The Hall–Kier alpha value is -2.77. The molecular formula is C20H13BrN2O. The summed E-state index contributed by atoms with van der Waals surface area (Å²) in [7, 11) is 0. The Morgan fingerprint density at radius 1 is 1.00 bits per heavy atom. The van der Waals surface area contributed by atoms with Crippen molar-refractivity contribution in [1.29, 1.82) is 5.26 Å². The van der Waals surface area contributed by atoms with Gasteiger partial charge in [-0.25, -0.2) is 0 Å². The summed E-state index contributed by atoms with van der Waals surface area (Å²) in [5, 5.41) is 10.4. The summed E-state index contributed by atoms with van der Waals surface area (Å²) in [4.78, 5) is 0. The third-order valence-electron chi connectivity index (χ3n) is 4.04. The second-order valence-electron chi connectivity index (χ2n) is 5.54. The minimum Gasteiger partial charge on any atom is -0.489 e. The van der Waals surface area contributed by atoms with Gasteiger partial charge in [-0.3, -0.25) is 0 Å². The van der Waals surface area contributed by atoms with Crippen molar-refractivity contribution in [2.75, 3.05) is 0 Å². The molecule has 0 aliphatic rings. The number of ether oxygens (including phenoxy) is 1. The van der Waals surface area contributed by atoms with Gasteiger partial charge in [-0.2, -0.15) is 5.26 Å². The van der Waals surface area contributed by atoms with Gasteiger partial charge in [0.25, 0.3) is 0 Å². The molecule has 0 radical (unpaired) electrons. The molecule has 116 valence electrons. The molecule has 2 heterocycles. The second kappa shape index (κ2) is 6.03. The first-order chi connectivity index (χ1) is 11.8. The van der Waals surface area contributed by atoms with E-state index in [1.807, 2.05) is 71.3 Å². The van der Waals surface area contributed by atoms with Gasteiger partial charge in [0.05, 0.1) is 16.6 Å². The van der Waals surface area contributed by atoms with E-state index in [-0.39, 0.29) is 0 Å². The first kappa shape index (κ1) is 14.8. The van der Waals surface area contributed by atoms with Crippen LogP contribution in [0.25, 0.3) is 16.4 Å². The van der Waals surface area contributed by atoms with Gasteiger partial charge in [0.2, 0.25) is 0 Å². The molecule has 0 saturated carbocycles. The lowest BCUT2D eigenvalue weighted by Gasteiger charge is -2.07. The number of pyridine rings is 1. The van der Waals surface area contributed by atoms with Crippen LogP contribution >= 0.6 is 15.9 Å². The molecule has 2 aromatic heterocycles. The fraction of sp³-hybridized carbons (Fsp3) is 0.0500. The molecule has 0 atom stereocenters. The van der Waals surface area contributed by atoms with Crippen LogP contribution in [-0.2, 0) is 6.61 Å². The largest absolute Gasteiger partial charge is 0.489 e. The maximum atomic E-state index is 9.47. The monoisotopic (exact) mass is 376 g/mol. The Morgan fingerprint density at radius 2 is 1.83 bits per heavy atom. The number of nitrogens with zero attached hydrogens (tertiary/aromatic N) is 2. The number of rotatable bonds is 3. The zero-order valence-electron chi connectivity index (χ0n) is 12.7. The van der Waals surface area contributed by atoms with Crippen LogP contribution in [0.3, 0.4) is 0 Å². The summed E-state index contributed by atoms with van der Waals surface area (Å²) in [5.41, 5.74) is 3.71. The van der Waals surface area contributed by atoms with Gasteiger partial charge in [0.15, 0.2) is 0 Å². The van der Waals surface area contributed by atoms with Gasteiger partial charge in [-0.15, -0.1) is 0 Å². The van der Waals surface area contributed by atoms with Gasteiger partial charge in [-0.1, -0.05) is 34.1 Å². The summed E-state index contributed by atoms with van der Waals surface area (Å²) in [6.45, 7) is 0.507. The van der Waals surface area contributed by atoms with E-state index in [0.29, 0.717) is 12.2 Å². The number of hydrogen-bond acceptors (Lipinski definition) is 2. The van der Waals surface area contributed by atoms with Gasteiger partial charge in [0.1, 0.15) is 18.4 Å². The normalized spacial score (nSPS) is 10.8. The predicted molar refractivity (Wildman–Crippen MR) is 98.1 cm³/mol. The average molecular weight is 377 g/mol. The molecule has 3 nitrogen and oxygen atoms in total. The van der Waals surface area contributed by atoms with Crippen LogP contribution in [0.4, 0.5) is 0 Å². The van der Waals surface area contributed by atoms with Crippen LogP contribution in [0.5, 0.6) is 5.75 Å². The highest BCUT2D eigenvalue weighted by atomic mass is 79.9. The highest BCUT2D eigenvalue weighted by molar-refractivity contribution is 9.10. The van der Waals surface area contributed by atoms with E-state index in [0.717, 1.165) is 32.2 Å². The molecule has 4 heteroatoms. The highest BCUT2D eigenvalue weighted by Gasteiger charge is 2.11. The van der Waals surface area contributed by atoms with Crippen molar-refractivity contribution < 1.29 is 4.74 Å². The zero-order chi connectivity index (χ0) is 16.5. The molecule has 0 aliphatic carbocycles. The van der Waals surface area contributed by atoms with Crippen LogP contribution in [0.2, 0.25) is 0 Å². The molecule has 0 bridgehead atoms. The SMILES string of the molecule is N#Cc1c2ccc(OCc3ccc(Br)cc3)cc2n2ccccc12. The topological polar surface area (TPSA) is 37.4 Å². The maximum Gasteiger partial charge on any atom is 0.121 e. The van der Waals surface area contributed by atoms with Crippen molar-refractivity contribution in [3.8, 4) is 11.8 Å². The van der Waals surface area contributed by atoms with Gasteiger partial charge in [-0.05, 0) is 42.0 Å². The molecular weight excluding hydrogens is 364 g/mol. The van der Waals surface area contributed by atoms with Crippen LogP contribution in [0.15, 0.2) is 71.3 Å². The predicted octanol–water partition coefficient (Wildman–Crippen LogP) is 5.31. The number of halogens is 1. The Labute approximate surface area is 147 Å². The Kier molecular flexibility index (Phi) is 3.72. The molecule has 0 amide bonds. The lowest BCUT2D eigenvalue weighted by Crippen LogP contribution is -1.95. The van der Waals surface area contributed by atoms with E-state index in [1.165, 1.54) is 0 Å². The fourth-order valence-electron chi connectivity index (χ4n) is 2.87. The highest BCUT2D eigenvalue weighted by Crippen LogP contribution is 2.29. The van der Waals surface area contributed by atoms with Gasteiger partial charge in [0, 0.05) is 22.1 Å². The third-order valence-corrected chi connectivity index (χ3v) is 4.57. The Morgan fingerprint density at radius 3 is 2.62 bits per heavy atom. The summed E-state index contributed by atoms with van der Waals surface area (Å²) in [6, 6.07) is 22.1. The van der Waals surface area contributed by atoms with Gasteiger partial charge >= 0.3 is 0 Å². The maximum absolute atomic E-state index is 9.47. The summed E-state index contributed by atoms with van der Waals surface area (Å²) >= 11 is 3.43. The second-order valence-corrected chi connectivity index (χ2v) is 6.45. The van der Waals surface area contributed by atoms with E-state index in [4.69, 9.17) is 4.74 Å². The van der Waals surface area contributed by atoms with E-state index in [1.54, 1.807) is 0 Å². The molecule has 4 aromatic rings. The Bertz CT molecular complexity index is 1070. The quantitative estimate of drug-likeness (QED) is 0.486. The molecule has 0 N–H and O–H groups in total. The van der Waals surface area contributed by atoms with Crippen LogP contribution in [0.1, 0.15) is 11.1 Å². The zero-order valence-corrected chi connectivity index (χ0v) is 14.3. The molecule has 2 aromatic carbocycles. The molecule has 0 saturated heterocycles. The number of nitriles is 1. The van der Waals surface area contributed by atoms with Crippen molar-refractivity contribution in [3.63, 3.8) is 0 Å². The van der Waals surface area contributed by atoms with Crippen molar-refractivity contribution in [1.82, 2.24) is 4.40 Å². The van der Waals surface area contributed by atoms with E-state index in [9.17, 15) is 5.26 Å². The smallest absolute Gasteiger partial charge is 0.121 e. The van der Waals surface area contributed by atoms with Crippen molar-refractivity contribution >= 4 is 32.3 Å². The van der Waals surface area contributed by atoms with Crippen molar-refractivity contribution in [2.24, 2.45) is 0 Å².